The molecule has 2 heteroatoms. The molecule has 0 radical (unpaired) electrons. The first-order chi connectivity index (χ1) is 5.75. The number of ketones is 1. The first-order valence-electron chi connectivity index (χ1n) is 4.36. The Balaban J connectivity index is 2.44. The van der Waals surface area contributed by atoms with Crippen LogP contribution >= 0.6 is 0 Å². The Morgan fingerprint density at radius 2 is 2.50 bits per heavy atom. The van der Waals surface area contributed by atoms with Crippen molar-refractivity contribution in [2.24, 2.45) is 5.92 Å². The maximum Gasteiger partial charge on any atom is 0.138 e. The third kappa shape index (κ3) is 2.09. The van der Waals surface area contributed by atoms with E-state index in [0.717, 1.165) is 12.8 Å². The fourth-order valence-electron chi connectivity index (χ4n) is 1.60. The lowest BCUT2D eigenvalue weighted by molar-refractivity contribution is -0.123. The van der Waals surface area contributed by atoms with Gasteiger partial charge in [0.25, 0.3) is 0 Å². The molecule has 0 aromatic rings. The Kier molecular flexibility index (Phi) is 3.31. The second kappa shape index (κ2) is 4.27. The Morgan fingerprint density at radius 3 is 3.00 bits per heavy atom. The van der Waals surface area contributed by atoms with E-state index >= 15 is 0 Å². The van der Waals surface area contributed by atoms with Crippen LogP contribution in [0, 0.1) is 17.8 Å². The maximum absolute atomic E-state index is 11.2. The van der Waals surface area contributed by atoms with Gasteiger partial charge in [0.1, 0.15) is 5.78 Å². The van der Waals surface area contributed by atoms with E-state index in [0.29, 0.717) is 12.8 Å². The first-order valence-corrected chi connectivity index (χ1v) is 4.36. The van der Waals surface area contributed by atoms with Crippen LogP contribution in [-0.2, 0) is 4.79 Å². The van der Waals surface area contributed by atoms with Crippen LogP contribution in [0.25, 0.3) is 0 Å². The van der Waals surface area contributed by atoms with Crippen LogP contribution in [0.3, 0.4) is 0 Å². The van der Waals surface area contributed by atoms with Gasteiger partial charge in [0.15, 0.2) is 0 Å². The van der Waals surface area contributed by atoms with Crippen molar-refractivity contribution in [2.75, 3.05) is 0 Å². The van der Waals surface area contributed by atoms with Crippen LogP contribution < -0.4 is 0 Å². The SMILES string of the molecule is CC#CCC(O)C1CCCC1=O. The average molecular weight is 166 g/mol. The third-order valence-electron chi connectivity index (χ3n) is 2.30. The van der Waals surface area contributed by atoms with Crippen molar-refractivity contribution in [1.82, 2.24) is 0 Å². The molecule has 0 amide bonds. The summed E-state index contributed by atoms with van der Waals surface area (Å²) in [4.78, 5) is 11.2. The van der Waals surface area contributed by atoms with E-state index in [9.17, 15) is 9.90 Å². The van der Waals surface area contributed by atoms with Gasteiger partial charge < -0.3 is 5.11 Å². The van der Waals surface area contributed by atoms with E-state index < -0.39 is 6.10 Å². The van der Waals surface area contributed by atoms with Gasteiger partial charge in [-0.15, -0.1) is 11.8 Å². The molecule has 0 saturated heterocycles. The quantitative estimate of drug-likeness (QED) is 0.624. The van der Waals surface area contributed by atoms with E-state index in [1.165, 1.54) is 0 Å². The van der Waals surface area contributed by atoms with E-state index in [-0.39, 0.29) is 11.7 Å². The molecule has 2 atom stereocenters. The van der Waals surface area contributed by atoms with Crippen LogP contribution in [0.2, 0.25) is 0 Å². The smallest absolute Gasteiger partial charge is 0.138 e. The van der Waals surface area contributed by atoms with Crippen molar-refractivity contribution in [3.63, 3.8) is 0 Å². The average Bonchev–Trinajstić information content (AvgIpc) is 2.47. The molecule has 0 aliphatic heterocycles. The molecule has 1 saturated carbocycles. The molecule has 1 N–H and O–H groups in total. The summed E-state index contributed by atoms with van der Waals surface area (Å²) in [5.74, 6) is 5.58. The largest absolute Gasteiger partial charge is 0.391 e. The summed E-state index contributed by atoms with van der Waals surface area (Å²) in [6.07, 6.45) is 2.31. The highest BCUT2D eigenvalue weighted by molar-refractivity contribution is 5.83. The molecular weight excluding hydrogens is 152 g/mol. The van der Waals surface area contributed by atoms with Crippen molar-refractivity contribution in [3.8, 4) is 11.8 Å². The van der Waals surface area contributed by atoms with Crippen LogP contribution in [0.15, 0.2) is 0 Å². The van der Waals surface area contributed by atoms with Gasteiger partial charge >= 0.3 is 0 Å². The van der Waals surface area contributed by atoms with E-state index in [4.69, 9.17) is 0 Å². The molecule has 2 nitrogen and oxygen atoms in total. The van der Waals surface area contributed by atoms with Gasteiger partial charge in [-0.25, -0.2) is 0 Å². The highest BCUT2D eigenvalue weighted by Gasteiger charge is 2.30. The molecule has 1 aliphatic rings. The molecule has 1 aliphatic carbocycles. The maximum atomic E-state index is 11.2. The fraction of sp³-hybridized carbons (Fsp3) is 0.700. The number of aliphatic hydroxyl groups is 1. The predicted octanol–water partition coefficient (Wildman–Crippen LogP) is 1.13. The van der Waals surface area contributed by atoms with Crippen LogP contribution in [-0.4, -0.2) is 17.0 Å². The molecule has 2 unspecified atom stereocenters. The van der Waals surface area contributed by atoms with Gasteiger partial charge in [0.2, 0.25) is 0 Å². The Morgan fingerprint density at radius 1 is 1.75 bits per heavy atom. The topological polar surface area (TPSA) is 37.3 Å². The van der Waals surface area contributed by atoms with Gasteiger partial charge in [-0.05, 0) is 19.8 Å². The summed E-state index contributed by atoms with van der Waals surface area (Å²) in [7, 11) is 0. The first kappa shape index (κ1) is 9.28. The standard InChI is InChI=1S/C10H14O2/c1-2-3-6-9(11)8-5-4-7-10(8)12/h8-9,11H,4-7H2,1H3. The second-order valence-corrected chi connectivity index (χ2v) is 3.16. The normalized spacial score (nSPS) is 24.8. The molecule has 0 heterocycles. The third-order valence-corrected chi connectivity index (χ3v) is 2.30. The second-order valence-electron chi connectivity index (χ2n) is 3.16. The van der Waals surface area contributed by atoms with E-state index in [2.05, 4.69) is 11.8 Å². The zero-order chi connectivity index (χ0) is 8.97. The Bertz CT molecular complexity index is 222. The minimum absolute atomic E-state index is 0.133. The summed E-state index contributed by atoms with van der Waals surface area (Å²) in [5.41, 5.74) is 0. The number of Topliss-reactive ketones (excluding diaryl/α,β-unsaturated/α-hetero) is 1. The molecule has 12 heavy (non-hydrogen) atoms. The predicted molar refractivity (Wildman–Crippen MR) is 46.4 cm³/mol. The highest BCUT2D eigenvalue weighted by atomic mass is 16.3. The summed E-state index contributed by atoms with van der Waals surface area (Å²) in [6, 6.07) is 0. The van der Waals surface area contributed by atoms with Crippen molar-refractivity contribution in [1.29, 1.82) is 0 Å². The molecule has 0 aromatic heterocycles. The van der Waals surface area contributed by atoms with Gasteiger partial charge in [-0.2, -0.15) is 0 Å². The van der Waals surface area contributed by atoms with Crippen LogP contribution in [0.1, 0.15) is 32.6 Å². The van der Waals surface area contributed by atoms with Crippen molar-refractivity contribution in [3.05, 3.63) is 0 Å². The fourth-order valence-corrected chi connectivity index (χ4v) is 1.60. The van der Waals surface area contributed by atoms with Crippen LogP contribution in [0.4, 0.5) is 0 Å². The Hall–Kier alpha value is -0.810. The van der Waals surface area contributed by atoms with Gasteiger partial charge in [0, 0.05) is 18.8 Å². The molecule has 0 bridgehead atoms. The van der Waals surface area contributed by atoms with E-state index in [1.807, 2.05) is 0 Å². The number of aliphatic hydroxyl groups excluding tert-OH is 1. The zero-order valence-electron chi connectivity index (χ0n) is 7.34. The van der Waals surface area contributed by atoms with E-state index in [1.54, 1.807) is 6.92 Å². The minimum Gasteiger partial charge on any atom is -0.391 e. The number of hydrogen-bond acceptors (Lipinski definition) is 2. The van der Waals surface area contributed by atoms with Gasteiger partial charge in [-0.1, -0.05) is 0 Å². The number of rotatable bonds is 2. The number of hydrogen-bond donors (Lipinski definition) is 1. The lowest BCUT2D eigenvalue weighted by Gasteiger charge is -2.12. The molecular formula is C10H14O2. The molecule has 0 spiro atoms. The molecule has 66 valence electrons. The lowest BCUT2D eigenvalue weighted by Crippen LogP contribution is -2.23. The number of carbonyl (C=O) groups is 1. The van der Waals surface area contributed by atoms with Gasteiger partial charge in [-0.3, -0.25) is 4.79 Å². The minimum atomic E-state index is -0.535. The van der Waals surface area contributed by atoms with Crippen molar-refractivity contribution >= 4 is 5.78 Å². The lowest BCUT2D eigenvalue weighted by atomic mass is 9.98. The molecule has 1 rings (SSSR count). The molecule has 1 fully saturated rings. The van der Waals surface area contributed by atoms with Gasteiger partial charge in [0.05, 0.1) is 6.10 Å². The monoisotopic (exact) mass is 166 g/mol. The zero-order valence-corrected chi connectivity index (χ0v) is 7.34. The summed E-state index contributed by atoms with van der Waals surface area (Å²) in [6.45, 7) is 1.74. The van der Waals surface area contributed by atoms with Crippen LogP contribution in [0.5, 0.6) is 0 Å². The number of carbonyl (C=O) groups excluding carboxylic acids is 1. The van der Waals surface area contributed by atoms with Crippen molar-refractivity contribution < 1.29 is 9.90 Å². The summed E-state index contributed by atoms with van der Waals surface area (Å²) >= 11 is 0. The molecule has 0 aromatic carbocycles. The Labute approximate surface area is 73.0 Å². The summed E-state index contributed by atoms with van der Waals surface area (Å²) < 4.78 is 0. The highest BCUT2D eigenvalue weighted by Crippen LogP contribution is 2.25. The van der Waals surface area contributed by atoms with Crippen molar-refractivity contribution in [2.45, 2.75) is 38.7 Å². The summed E-state index contributed by atoms with van der Waals surface area (Å²) in [5, 5.41) is 9.53.